The summed E-state index contributed by atoms with van der Waals surface area (Å²) in [7, 11) is 0. The maximum Gasteiger partial charge on any atom is 0.291 e. The number of benzene rings is 2. The Morgan fingerprint density at radius 2 is 1.78 bits per heavy atom. The summed E-state index contributed by atoms with van der Waals surface area (Å²) < 4.78 is 25.2. The van der Waals surface area contributed by atoms with Crippen LogP contribution in [-0.4, -0.2) is 10.8 Å². The third-order valence-electron chi connectivity index (χ3n) is 5.93. The summed E-state index contributed by atoms with van der Waals surface area (Å²) in [5, 5.41) is 0.118. The summed E-state index contributed by atoms with van der Waals surface area (Å²) >= 11 is 0. The molecule has 0 radical (unpaired) electrons. The maximum atomic E-state index is 13.9. The molecule has 5 rings (SSSR count). The summed E-state index contributed by atoms with van der Waals surface area (Å²) in [6.07, 6.45) is 1.54. The van der Waals surface area contributed by atoms with Gasteiger partial charge in [0.05, 0.1) is 29.8 Å². The highest BCUT2D eigenvalue weighted by atomic mass is 19.1. The molecule has 6 heteroatoms. The second-order valence-electron chi connectivity index (χ2n) is 9.10. The fourth-order valence-corrected chi connectivity index (χ4v) is 4.24. The smallest absolute Gasteiger partial charge is 0.291 e. The van der Waals surface area contributed by atoms with Gasteiger partial charge in [-0.1, -0.05) is 45.0 Å². The molecule has 0 saturated carbocycles. The molecule has 1 aliphatic rings. The Balaban J connectivity index is 1.71. The predicted octanol–water partition coefficient (Wildman–Crippen LogP) is 5.57. The van der Waals surface area contributed by atoms with Gasteiger partial charge in [0.15, 0.2) is 5.43 Å². The average Bonchev–Trinajstić information content (AvgIpc) is 3.36. The van der Waals surface area contributed by atoms with Crippen molar-refractivity contribution in [1.82, 2.24) is 4.90 Å². The fourth-order valence-electron chi connectivity index (χ4n) is 4.24. The van der Waals surface area contributed by atoms with Crippen LogP contribution in [0, 0.1) is 5.82 Å². The zero-order valence-corrected chi connectivity index (χ0v) is 18.0. The van der Waals surface area contributed by atoms with Crippen LogP contribution < -0.4 is 5.43 Å². The minimum atomic E-state index is -0.666. The van der Waals surface area contributed by atoms with Crippen LogP contribution in [-0.2, 0) is 12.0 Å². The zero-order valence-electron chi connectivity index (χ0n) is 18.0. The van der Waals surface area contributed by atoms with E-state index in [4.69, 9.17) is 8.83 Å². The molecule has 162 valence electrons. The van der Waals surface area contributed by atoms with Gasteiger partial charge in [0.25, 0.3) is 5.91 Å². The van der Waals surface area contributed by atoms with Gasteiger partial charge in [-0.2, -0.15) is 0 Å². The zero-order chi connectivity index (χ0) is 22.6. The largest absolute Gasteiger partial charge is 0.467 e. The van der Waals surface area contributed by atoms with Crippen molar-refractivity contribution in [2.45, 2.75) is 38.8 Å². The Hall–Kier alpha value is -3.67. The molecule has 0 N–H and O–H groups in total. The summed E-state index contributed by atoms with van der Waals surface area (Å²) in [4.78, 5) is 28.4. The van der Waals surface area contributed by atoms with Crippen molar-refractivity contribution in [3.63, 3.8) is 0 Å². The van der Waals surface area contributed by atoms with E-state index in [0.29, 0.717) is 5.76 Å². The van der Waals surface area contributed by atoms with Crippen molar-refractivity contribution in [2.24, 2.45) is 0 Å². The van der Waals surface area contributed by atoms with E-state index in [0.717, 1.165) is 17.2 Å². The van der Waals surface area contributed by atoms with Crippen molar-refractivity contribution >= 4 is 16.9 Å². The van der Waals surface area contributed by atoms with E-state index in [1.54, 1.807) is 17.0 Å². The normalized spacial score (nSPS) is 16.1. The lowest BCUT2D eigenvalue weighted by Crippen LogP contribution is -2.29. The number of rotatable bonds is 3. The Morgan fingerprint density at radius 1 is 1.03 bits per heavy atom. The Labute approximate surface area is 184 Å². The standard InChI is InChI=1S/C26H22FNO4/c1-26(2,3)16-8-6-15(7-9-16)22-21-23(29)19-13-17(27)10-11-20(19)32-24(21)25(30)28(22)14-18-5-4-12-31-18/h4-13,22H,14H2,1-3H3. The SMILES string of the molecule is CC(C)(C)c1ccc(C2c3c(oc4ccc(F)cc4c3=O)C(=O)N2Cc2ccco2)cc1. The number of furan rings is 1. The lowest BCUT2D eigenvalue weighted by molar-refractivity contribution is 0.0701. The third kappa shape index (κ3) is 3.23. The minimum absolute atomic E-state index is 0.00874. The number of carbonyl (C=O) groups excluding carboxylic acids is 1. The topological polar surface area (TPSA) is 63.7 Å². The second kappa shape index (κ2) is 7.19. The van der Waals surface area contributed by atoms with E-state index in [2.05, 4.69) is 20.8 Å². The fraction of sp³-hybridized carbons (Fsp3) is 0.231. The summed E-state index contributed by atoms with van der Waals surface area (Å²) in [6.45, 7) is 6.53. The molecule has 1 unspecified atom stereocenters. The van der Waals surface area contributed by atoms with E-state index >= 15 is 0 Å². The summed E-state index contributed by atoms with van der Waals surface area (Å²) in [5.74, 6) is -0.353. The molecule has 0 aliphatic carbocycles. The van der Waals surface area contributed by atoms with Crippen molar-refractivity contribution in [3.05, 3.63) is 105 Å². The van der Waals surface area contributed by atoms with E-state index in [1.807, 2.05) is 24.3 Å². The van der Waals surface area contributed by atoms with Crippen LogP contribution in [0.3, 0.4) is 0 Å². The third-order valence-corrected chi connectivity index (χ3v) is 5.93. The Bertz CT molecular complexity index is 1380. The van der Waals surface area contributed by atoms with Gasteiger partial charge in [-0.15, -0.1) is 0 Å². The van der Waals surface area contributed by atoms with Gasteiger partial charge in [0.1, 0.15) is 17.2 Å². The van der Waals surface area contributed by atoms with Crippen LogP contribution in [0.15, 0.2) is 74.5 Å². The Kier molecular flexibility index (Phi) is 4.55. The molecular weight excluding hydrogens is 409 g/mol. The van der Waals surface area contributed by atoms with Crippen LogP contribution in [0.1, 0.15) is 59.8 Å². The first-order chi connectivity index (χ1) is 15.2. The molecule has 1 atom stereocenters. The molecule has 2 aromatic heterocycles. The minimum Gasteiger partial charge on any atom is -0.467 e. The molecule has 3 heterocycles. The second-order valence-corrected chi connectivity index (χ2v) is 9.10. The molecule has 0 spiro atoms. The summed E-state index contributed by atoms with van der Waals surface area (Å²) in [5.41, 5.74) is 1.88. The van der Waals surface area contributed by atoms with E-state index in [1.165, 1.54) is 18.4 Å². The van der Waals surface area contributed by atoms with Crippen LogP contribution >= 0.6 is 0 Å². The number of halogens is 1. The molecular formula is C26H22FNO4. The first kappa shape index (κ1) is 20.2. The van der Waals surface area contributed by atoms with E-state index in [9.17, 15) is 14.0 Å². The average molecular weight is 431 g/mol. The van der Waals surface area contributed by atoms with Gasteiger partial charge in [-0.05, 0) is 46.9 Å². The van der Waals surface area contributed by atoms with Crippen LogP contribution in [0.4, 0.5) is 4.39 Å². The lowest BCUT2D eigenvalue weighted by Gasteiger charge is -2.25. The van der Waals surface area contributed by atoms with Crippen LogP contribution in [0.25, 0.3) is 11.0 Å². The van der Waals surface area contributed by atoms with Gasteiger partial charge in [-0.3, -0.25) is 9.59 Å². The van der Waals surface area contributed by atoms with Crippen molar-refractivity contribution < 1.29 is 18.0 Å². The summed E-state index contributed by atoms with van der Waals surface area (Å²) in [6, 6.07) is 14.5. The van der Waals surface area contributed by atoms with Gasteiger partial charge in [0.2, 0.25) is 5.76 Å². The van der Waals surface area contributed by atoms with E-state index < -0.39 is 23.2 Å². The molecule has 0 bridgehead atoms. The number of hydrogen-bond acceptors (Lipinski definition) is 4. The number of carbonyl (C=O) groups is 1. The number of amides is 1. The monoisotopic (exact) mass is 431 g/mol. The molecule has 0 fully saturated rings. The highest BCUT2D eigenvalue weighted by molar-refractivity contribution is 5.99. The molecule has 2 aromatic carbocycles. The van der Waals surface area contributed by atoms with Crippen molar-refractivity contribution in [3.8, 4) is 0 Å². The van der Waals surface area contributed by atoms with Crippen LogP contribution in [0.5, 0.6) is 0 Å². The highest BCUT2D eigenvalue weighted by Gasteiger charge is 2.43. The number of hydrogen-bond donors (Lipinski definition) is 0. The van der Waals surface area contributed by atoms with Gasteiger partial charge >= 0.3 is 0 Å². The first-order valence-corrected chi connectivity index (χ1v) is 10.4. The first-order valence-electron chi connectivity index (χ1n) is 10.4. The molecule has 1 amide bonds. The van der Waals surface area contributed by atoms with Gasteiger partial charge in [-0.25, -0.2) is 4.39 Å². The molecule has 32 heavy (non-hydrogen) atoms. The molecule has 4 aromatic rings. The van der Waals surface area contributed by atoms with Gasteiger partial charge < -0.3 is 13.7 Å². The van der Waals surface area contributed by atoms with Crippen molar-refractivity contribution in [1.29, 1.82) is 0 Å². The Morgan fingerprint density at radius 3 is 2.44 bits per heavy atom. The molecule has 5 nitrogen and oxygen atoms in total. The quantitative estimate of drug-likeness (QED) is 0.426. The lowest BCUT2D eigenvalue weighted by atomic mass is 9.86. The predicted molar refractivity (Wildman–Crippen MR) is 118 cm³/mol. The maximum absolute atomic E-state index is 13.9. The van der Waals surface area contributed by atoms with Crippen LogP contribution in [0.2, 0.25) is 0 Å². The number of nitrogens with zero attached hydrogens (tertiary/aromatic N) is 1. The molecule has 0 saturated heterocycles. The van der Waals surface area contributed by atoms with E-state index in [-0.39, 0.29) is 34.3 Å². The van der Waals surface area contributed by atoms with Gasteiger partial charge in [0, 0.05) is 0 Å². The molecule has 1 aliphatic heterocycles. The highest BCUT2D eigenvalue weighted by Crippen LogP contribution is 2.39. The number of fused-ring (bicyclic) bond motifs is 2. The van der Waals surface area contributed by atoms with Crippen molar-refractivity contribution in [2.75, 3.05) is 0 Å².